The van der Waals surface area contributed by atoms with Crippen LogP contribution >= 0.6 is 12.4 Å². The van der Waals surface area contributed by atoms with Crippen LogP contribution in [0, 0.1) is 0 Å². The molecule has 0 fully saturated rings. The first-order valence-electron chi connectivity index (χ1n) is 8.94. The van der Waals surface area contributed by atoms with Crippen molar-refractivity contribution in [2.45, 2.75) is 18.8 Å². The predicted octanol–water partition coefficient (Wildman–Crippen LogP) is 3.37. The van der Waals surface area contributed by atoms with Crippen LogP contribution in [0.25, 0.3) is 0 Å². The van der Waals surface area contributed by atoms with Gasteiger partial charge in [-0.25, -0.2) is 0 Å². The molecule has 5 nitrogen and oxygen atoms in total. The highest BCUT2D eigenvalue weighted by Crippen LogP contribution is 2.34. The molecule has 1 aliphatic heterocycles. The van der Waals surface area contributed by atoms with E-state index in [0.29, 0.717) is 25.4 Å². The van der Waals surface area contributed by atoms with Gasteiger partial charge in [0.05, 0.1) is 24.6 Å². The Bertz CT molecular complexity index is 805. The quantitative estimate of drug-likeness (QED) is 0.715. The van der Waals surface area contributed by atoms with Crippen molar-refractivity contribution in [3.8, 4) is 0 Å². The monoisotopic (exact) mass is 429 g/mol. The number of halogens is 4. The van der Waals surface area contributed by atoms with Crippen molar-refractivity contribution >= 4 is 29.7 Å². The van der Waals surface area contributed by atoms with E-state index in [4.69, 9.17) is 10.5 Å². The molecule has 1 heterocycles. The van der Waals surface area contributed by atoms with Crippen LogP contribution in [-0.2, 0) is 16.1 Å². The van der Waals surface area contributed by atoms with E-state index in [9.17, 15) is 18.0 Å². The van der Waals surface area contributed by atoms with E-state index in [0.717, 1.165) is 10.5 Å². The minimum absolute atomic E-state index is 0. The van der Waals surface area contributed by atoms with Gasteiger partial charge in [-0.2, -0.15) is 13.2 Å². The van der Waals surface area contributed by atoms with Gasteiger partial charge in [-0.05, 0) is 17.7 Å². The standard InChI is InChI=1S/C20H22F3N3O2.ClH/c21-20(22,23)14-26-18-9-5-4-8-17(18)25(12-16(24)19(26)27)10-11-28-13-15-6-2-1-3-7-15;/h1-9,16H,10-14,24H2;1H. The average molecular weight is 430 g/mol. The summed E-state index contributed by atoms with van der Waals surface area (Å²) < 4.78 is 44.7. The van der Waals surface area contributed by atoms with E-state index in [-0.39, 0.29) is 24.6 Å². The average Bonchev–Trinajstić information content (AvgIpc) is 2.76. The number of amides is 1. The first-order chi connectivity index (χ1) is 13.3. The largest absolute Gasteiger partial charge is 0.406 e. The van der Waals surface area contributed by atoms with Crippen molar-refractivity contribution in [1.29, 1.82) is 0 Å². The molecule has 0 radical (unpaired) electrons. The maximum absolute atomic E-state index is 13.0. The first-order valence-corrected chi connectivity index (χ1v) is 8.94. The van der Waals surface area contributed by atoms with E-state index >= 15 is 0 Å². The molecule has 0 saturated heterocycles. The summed E-state index contributed by atoms with van der Waals surface area (Å²) in [5.74, 6) is -0.738. The summed E-state index contributed by atoms with van der Waals surface area (Å²) in [6.45, 7) is -0.0522. The Morgan fingerprint density at radius 2 is 1.66 bits per heavy atom. The highest BCUT2D eigenvalue weighted by atomic mass is 35.5. The Kier molecular flexibility index (Phi) is 7.89. The number of nitrogens with zero attached hydrogens (tertiary/aromatic N) is 2. The number of hydrogen-bond donors (Lipinski definition) is 1. The van der Waals surface area contributed by atoms with Crippen LogP contribution in [0.5, 0.6) is 0 Å². The number of carbonyl (C=O) groups is 1. The van der Waals surface area contributed by atoms with Crippen molar-refractivity contribution < 1.29 is 22.7 Å². The Balaban J connectivity index is 0.00000300. The smallest absolute Gasteiger partial charge is 0.375 e. The molecule has 158 valence electrons. The number of rotatable bonds is 6. The van der Waals surface area contributed by atoms with E-state index < -0.39 is 24.7 Å². The molecule has 1 amide bonds. The van der Waals surface area contributed by atoms with Gasteiger partial charge in [0.25, 0.3) is 0 Å². The number of nitrogens with two attached hydrogens (primary N) is 1. The van der Waals surface area contributed by atoms with E-state index in [1.165, 1.54) is 6.07 Å². The van der Waals surface area contributed by atoms with Crippen molar-refractivity contribution in [2.24, 2.45) is 5.73 Å². The van der Waals surface area contributed by atoms with Gasteiger partial charge in [0.1, 0.15) is 12.6 Å². The van der Waals surface area contributed by atoms with E-state index in [1.807, 2.05) is 30.3 Å². The van der Waals surface area contributed by atoms with Crippen LogP contribution < -0.4 is 15.5 Å². The molecule has 3 rings (SSSR count). The van der Waals surface area contributed by atoms with Gasteiger partial charge >= 0.3 is 6.18 Å². The first kappa shape index (κ1) is 23.0. The van der Waals surface area contributed by atoms with Crippen molar-refractivity contribution in [3.05, 3.63) is 60.2 Å². The van der Waals surface area contributed by atoms with Crippen LogP contribution in [-0.4, -0.2) is 44.4 Å². The number of ether oxygens (including phenoxy) is 1. The molecule has 2 N–H and O–H groups in total. The summed E-state index contributed by atoms with van der Waals surface area (Å²) in [6.07, 6.45) is -4.52. The topological polar surface area (TPSA) is 58.8 Å². The molecule has 1 atom stereocenters. The van der Waals surface area contributed by atoms with Crippen LogP contribution in [0.4, 0.5) is 24.5 Å². The van der Waals surface area contributed by atoms with Gasteiger partial charge in [-0.15, -0.1) is 12.4 Å². The van der Waals surface area contributed by atoms with E-state index in [1.54, 1.807) is 23.1 Å². The second-order valence-corrected chi connectivity index (χ2v) is 6.62. The Hall–Kier alpha value is -2.29. The molecule has 0 aliphatic carbocycles. The lowest BCUT2D eigenvalue weighted by Crippen LogP contribution is -2.50. The van der Waals surface area contributed by atoms with Crippen LogP contribution in [0.3, 0.4) is 0 Å². The number of benzene rings is 2. The van der Waals surface area contributed by atoms with Crippen molar-refractivity contribution in [3.63, 3.8) is 0 Å². The second-order valence-electron chi connectivity index (χ2n) is 6.62. The SMILES string of the molecule is Cl.NC1CN(CCOCc2ccccc2)c2ccccc2N(CC(F)(F)F)C1=O. The lowest BCUT2D eigenvalue weighted by molar-refractivity contribution is -0.132. The molecule has 1 aliphatic rings. The lowest BCUT2D eigenvalue weighted by Gasteiger charge is -2.27. The highest BCUT2D eigenvalue weighted by Gasteiger charge is 2.39. The molecule has 1 unspecified atom stereocenters. The molecule has 2 aromatic carbocycles. The number of hydrogen-bond acceptors (Lipinski definition) is 4. The number of para-hydroxylation sites is 2. The molecule has 0 spiro atoms. The third kappa shape index (κ3) is 6.09. The zero-order valence-electron chi connectivity index (χ0n) is 15.6. The van der Waals surface area contributed by atoms with Crippen LogP contribution in [0.2, 0.25) is 0 Å². The minimum Gasteiger partial charge on any atom is -0.375 e. The van der Waals surface area contributed by atoms with Gasteiger partial charge in [0.2, 0.25) is 5.91 Å². The Morgan fingerprint density at radius 3 is 2.31 bits per heavy atom. The minimum atomic E-state index is -4.52. The molecule has 29 heavy (non-hydrogen) atoms. The lowest BCUT2D eigenvalue weighted by atomic mass is 10.2. The third-order valence-electron chi connectivity index (χ3n) is 4.47. The zero-order chi connectivity index (χ0) is 20.1. The summed E-state index contributed by atoms with van der Waals surface area (Å²) in [6, 6.07) is 15.1. The summed E-state index contributed by atoms with van der Waals surface area (Å²) in [5, 5.41) is 0. The molecule has 2 aromatic rings. The highest BCUT2D eigenvalue weighted by molar-refractivity contribution is 6.01. The van der Waals surface area contributed by atoms with Crippen LogP contribution in [0.1, 0.15) is 5.56 Å². The normalized spacial score (nSPS) is 16.8. The van der Waals surface area contributed by atoms with Crippen molar-refractivity contribution in [2.75, 3.05) is 36.0 Å². The fourth-order valence-electron chi connectivity index (χ4n) is 3.19. The van der Waals surface area contributed by atoms with E-state index in [2.05, 4.69) is 0 Å². The second kappa shape index (κ2) is 9.96. The van der Waals surface area contributed by atoms with Gasteiger partial charge in [-0.3, -0.25) is 9.69 Å². The number of carbonyl (C=O) groups excluding carboxylic acids is 1. The number of fused-ring (bicyclic) bond motifs is 1. The molecule has 0 bridgehead atoms. The number of alkyl halides is 3. The maximum atomic E-state index is 13.0. The summed E-state index contributed by atoms with van der Waals surface area (Å²) in [4.78, 5) is 15.0. The fraction of sp³-hybridized carbons (Fsp3) is 0.350. The molecular formula is C20H23ClF3N3O2. The maximum Gasteiger partial charge on any atom is 0.406 e. The van der Waals surface area contributed by atoms with Gasteiger partial charge in [0.15, 0.2) is 0 Å². The molecule has 0 aromatic heterocycles. The van der Waals surface area contributed by atoms with Gasteiger partial charge in [0, 0.05) is 13.1 Å². The zero-order valence-corrected chi connectivity index (χ0v) is 16.5. The molecule has 0 saturated carbocycles. The van der Waals surface area contributed by atoms with Gasteiger partial charge in [-0.1, -0.05) is 42.5 Å². The van der Waals surface area contributed by atoms with Crippen molar-refractivity contribution in [1.82, 2.24) is 0 Å². The third-order valence-corrected chi connectivity index (χ3v) is 4.47. The van der Waals surface area contributed by atoms with Crippen LogP contribution in [0.15, 0.2) is 54.6 Å². The predicted molar refractivity (Wildman–Crippen MR) is 108 cm³/mol. The fourth-order valence-corrected chi connectivity index (χ4v) is 3.19. The molecule has 9 heteroatoms. The Labute approximate surface area is 173 Å². The Morgan fingerprint density at radius 1 is 1.03 bits per heavy atom. The number of anilines is 2. The van der Waals surface area contributed by atoms with Gasteiger partial charge < -0.3 is 15.4 Å². The summed E-state index contributed by atoms with van der Waals surface area (Å²) in [5.41, 5.74) is 7.69. The summed E-state index contributed by atoms with van der Waals surface area (Å²) >= 11 is 0. The summed E-state index contributed by atoms with van der Waals surface area (Å²) in [7, 11) is 0. The molecular weight excluding hydrogens is 407 g/mol.